The van der Waals surface area contributed by atoms with Crippen molar-refractivity contribution in [1.82, 2.24) is 5.32 Å². The summed E-state index contributed by atoms with van der Waals surface area (Å²) in [6.07, 6.45) is 6.87. The Labute approximate surface area is 131 Å². The van der Waals surface area contributed by atoms with Crippen LogP contribution in [-0.4, -0.2) is 19.0 Å². The Balaban J connectivity index is 2.09. The van der Waals surface area contributed by atoms with Crippen LogP contribution in [-0.2, 0) is 14.3 Å². The zero-order valence-corrected chi connectivity index (χ0v) is 13.2. The van der Waals surface area contributed by atoms with E-state index < -0.39 is 0 Å². The van der Waals surface area contributed by atoms with Crippen LogP contribution in [0.5, 0.6) is 0 Å². The zero-order chi connectivity index (χ0) is 15.9. The monoisotopic (exact) mass is 301 g/mol. The van der Waals surface area contributed by atoms with Gasteiger partial charge < -0.3 is 10.1 Å². The van der Waals surface area contributed by atoms with E-state index in [-0.39, 0.29) is 30.3 Å². The third-order valence-corrected chi connectivity index (χ3v) is 4.03. The number of hydrogen-bond donors (Lipinski definition) is 1. The molecule has 1 aromatic rings. The molecule has 0 radical (unpaired) electrons. The van der Waals surface area contributed by atoms with Gasteiger partial charge in [-0.2, -0.15) is 0 Å². The highest BCUT2D eigenvalue weighted by Gasteiger charge is 2.24. The summed E-state index contributed by atoms with van der Waals surface area (Å²) in [5.74, 6) is -0.316. The van der Waals surface area contributed by atoms with Gasteiger partial charge in [0.25, 0.3) is 0 Å². The lowest BCUT2D eigenvalue weighted by molar-refractivity contribution is -0.141. The molecule has 1 N–H and O–H groups in total. The summed E-state index contributed by atoms with van der Waals surface area (Å²) in [5.41, 5.74) is 2.07. The van der Waals surface area contributed by atoms with Gasteiger partial charge >= 0.3 is 5.97 Å². The minimum Gasteiger partial charge on any atom is -0.469 e. The molecule has 0 saturated carbocycles. The van der Waals surface area contributed by atoms with E-state index in [1.807, 2.05) is 31.2 Å². The van der Waals surface area contributed by atoms with Crippen molar-refractivity contribution in [2.45, 2.75) is 38.6 Å². The maximum Gasteiger partial charge on any atom is 0.307 e. The van der Waals surface area contributed by atoms with Gasteiger partial charge in [0.1, 0.15) is 0 Å². The second-order valence-corrected chi connectivity index (χ2v) is 5.73. The predicted molar refractivity (Wildman–Crippen MR) is 85.2 cm³/mol. The van der Waals surface area contributed by atoms with Crippen LogP contribution in [0.15, 0.2) is 36.4 Å². The van der Waals surface area contributed by atoms with Crippen molar-refractivity contribution in [3.05, 3.63) is 47.5 Å². The Bertz CT molecular complexity index is 548. The number of esters is 1. The molecule has 0 fully saturated rings. The molecule has 4 nitrogen and oxygen atoms in total. The van der Waals surface area contributed by atoms with Crippen molar-refractivity contribution in [3.63, 3.8) is 0 Å². The highest BCUT2D eigenvalue weighted by Crippen LogP contribution is 2.22. The van der Waals surface area contributed by atoms with Crippen molar-refractivity contribution in [2.75, 3.05) is 7.11 Å². The van der Waals surface area contributed by atoms with Crippen molar-refractivity contribution in [3.8, 4) is 0 Å². The van der Waals surface area contributed by atoms with Gasteiger partial charge in [-0.25, -0.2) is 0 Å². The van der Waals surface area contributed by atoms with Crippen LogP contribution >= 0.6 is 0 Å². The Morgan fingerprint density at radius 3 is 2.59 bits per heavy atom. The first-order valence-corrected chi connectivity index (χ1v) is 7.69. The van der Waals surface area contributed by atoms with E-state index in [0.717, 1.165) is 30.4 Å². The summed E-state index contributed by atoms with van der Waals surface area (Å²) in [4.78, 5) is 24.1. The predicted octanol–water partition coefficient (Wildman–Crippen LogP) is 3.07. The summed E-state index contributed by atoms with van der Waals surface area (Å²) in [6.45, 7) is 2.01. The molecular weight excluding hydrogens is 278 g/mol. The first-order chi connectivity index (χ1) is 10.6. The molecule has 118 valence electrons. The Morgan fingerprint density at radius 2 is 2.00 bits per heavy atom. The number of hydrogen-bond acceptors (Lipinski definition) is 3. The van der Waals surface area contributed by atoms with E-state index >= 15 is 0 Å². The molecule has 0 saturated heterocycles. The summed E-state index contributed by atoms with van der Waals surface area (Å²) in [7, 11) is 1.36. The van der Waals surface area contributed by atoms with Crippen molar-refractivity contribution in [2.24, 2.45) is 5.92 Å². The number of nitrogens with one attached hydrogen (secondary N) is 1. The number of benzene rings is 1. The minimum absolute atomic E-state index is 0.00408. The van der Waals surface area contributed by atoms with Crippen molar-refractivity contribution >= 4 is 11.9 Å². The molecule has 2 unspecified atom stereocenters. The van der Waals surface area contributed by atoms with Gasteiger partial charge in [-0.1, -0.05) is 42.0 Å². The molecule has 1 aliphatic carbocycles. The third-order valence-electron chi connectivity index (χ3n) is 4.03. The van der Waals surface area contributed by atoms with Gasteiger partial charge in [-0.05, 0) is 31.7 Å². The third kappa shape index (κ3) is 4.45. The van der Waals surface area contributed by atoms with E-state index in [0.29, 0.717) is 0 Å². The maximum absolute atomic E-state index is 12.4. The van der Waals surface area contributed by atoms with Crippen LogP contribution in [0.2, 0.25) is 0 Å². The fourth-order valence-electron chi connectivity index (χ4n) is 2.62. The molecule has 2 atom stereocenters. The minimum atomic E-state index is -0.341. The molecule has 1 aliphatic rings. The van der Waals surface area contributed by atoms with Gasteiger partial charge in [0.2, 0.25) is 5.91 Å². The first kappa shape index (κ1) is 16.3. The molecule has 0 aliphatic heterocycles. The smallest absolute Gasteiger partial charge is 0.307 e. The highest BCUT2D eigenvalue weighted by molar-refractivity contribution is 5.80. The Kier molecular flexibility index (Phi) is 5.75. The molecule has 0 spiro atoms. The summed E-state index contributed by atoms with van der Waals surface area (Å²) >= 11 is 0. The number of carbonyl (C=O) groups is 2. The number of carbonyl (C=O) groups excluding carboxylic acids is 2. The van der Waals surface area contributed by atoms with Crippen molar-refractivity contribution in [1.29, 1.82) is 0 Å². The maximum atomic E-state index is 12.4. The summed E-state index contributed by atoms with van der Waals surface area (Å²) in [6, 6.07) is 7.52. The molecule has 4 heteroatoms. The SMILES string of the molecule is COC(=O)CC(NC(=O)C1CC=CCC1)c1ccc(C)cc1. The average molecular weight is 301 g/mol. The fourth-order valence-corrected chi connectivity index (χ4v) is 2.62. The molecule has 1 aromatic carbocycles. The Hall–Kier alpha value is -2.10. The average Bonchev–Trinajstić information content (AvgIpc) is 2.55. The summed E-state index contributed by atoms with van der Waals surface area (Å²) in [5, 5.41) is 3.01. The topological polar surface area (TPSA) is 55.4 Å². The van der Waals surface area contributed by atoms with Gasteiger partial charge in [0.15, 0.2) is 0 Å². The van der Waals surface area contributed by atoms with E-state index in [2.05, 4.69) is 17.5 Å². The van der Waals surface area contributed by atoms with Gasteiger partial charge in [0, 0.05) is 5.92 Å². The quantitative estimate of drug-likeness (QED) is 0.671. The first-order valence-electron chi connectivity index (χ1n) is 7.69. The van der Waals surface area contributed by atoms with E-state index in [9.17, 15) is 9.59 Å². The van der Waals surface area contributed by atoms with E-state index in [1.54, 1.807) is 0 Å². The number of amides is 1. The standard InChI is InChI=1S/C18H23NO3/c1-13-8-10-14(11-9-13)16(12-17(20)22-2)19-18(21)15-6-4-3-5-7-15/h3-4,8-11,15-16H,5-7,12H2,1-2H3,(H,19,21). The lowest BCUT2D eigenvalue weighted by Crippen LogP contribution is -2.35. The number of ether oxygens (including phenoxy) is 1. The van der Waals surface area contributed by atoms with Crippen LogP contribution in [0.1, 0.15) is 42.9 Å². The molecule has 1 amide bonds. The number of aryl methyl sites for hydroxylation is 1. The lowest BCUT2D eigenvalue weighted by atomic mass is 9.92. The Morgan fingerprint density at radius 1 is 1.27 bits per heavy atom. The van der Waals surface area contributed by atoms with Gasteiger partial charge in [-0.3, -0.25) is 9.59 Å². The second-order valence-electron chi connectivity index (χ2n) is 5.73. The van der Waals surface area contributed by atoms with E-state index in [4.69, 9.17) is 4.74 Å². The molecule has 0 aromatic heterocycles. The van der Waals surface area contributed by atoms with E-state index in [1.165, 1.54) is 7.11 Å². The highest BCUT2D eigenvalue weighted by atomic mass is 16.5. The largest absolute Gasteiger partial charge is 0.469 e. The molecule has 2 rings (SSSR count). The number of methoxy groups -OCH3 is 1. The number of rotatable bonds is 5. The molecule has 22 heavy (non-hydrogen) atoms. The van der Waals surface area contributed by atoms with Crippen LogP contribution in [0.25, 0.3) is 0 Å². The molecule has 0 bridgehead atoms. The molecular formula is C18H23NO3. The zero-order valence-electron chi connectivity index (χ0n) is 13.2. The van der Waals surface area contributed by atoms with Gasteiger partial charge in [0.05, 0.1) is 19.6 Å². The van der Waals surface area contributed by atoms with Gasteiger partial charge in [-0.15, -0.1) is 0 Å². The fraction of sp³-hybridized carbons (Fsp3) is 0.444. The van der Waals surface area contributed by atoms with Crippen LogP contribution < -0.4 is 5.32 Å². The van der Waals surface area contributed by atoms with Crippen LogP contribution in [0.3, 0.4) is 0 Å². The summed E-state index contributed by atoms with van der Waals surface area (Å²) < 4.78 is 4.75. The second kappa shape index (κ2) is 7.78. The number of allylic oxidation sites excluding steroid dienone is 2. The van der Waals surface area contributed by atoms with Crippen LogP contribution in [0, 0.1) is 12.8 Å². The molecule has 0 heterocycles. The lowest BCUT2D eigenvalue weighted by Gasteiger charge is -2.23. The normalized spacial score (nSPS) is 18.5. The van der Waals surface area contributed by atoms with Crippen LogP contribution in [0.4, 0.5) is 0 Å². The van der Waals surface area contributed by atoms with Crippen molar-refractivity contribution < 1.29 is 14.3 Å².